The lowest BCUT2D eigenvalue weighted by Gasteiger charge is -2.10. The number of amides is 1. The molecule has 27 heavy (non-hydrogen) atoms. The standard InChI is InChI=1S/C21H20N2O3S/c1-26-17-8-3-6-15(12-17)14-23-11-5-10-19(21(23)25)20(24)22-16-7-4-9-18(13-16)27-2/h3-13H,14H2,1-2H3,(H,22,24). The fourth-order valence-corrected chi connectivity index (χ4v) is 3.16. The van der Waals surface area contributed by atoms with Crippen LogP contribution >= 0.6 is 11.8 Å². The monoisotopic (exact) mass is 380 g/mol. The Bertz CT molecular complexity index is 1010. The van der Waals surface area contributed by atoms with Crippen LogP contribution in [-0.2, 0) is 6.54 Å². The number of hydrogen-bond acceptors (Lipinski definition) is 4. The molecule has 1 amide bonds. The van der Waals surface area contributed by atoms with Crippen molar-refractivity contribution in [1.29, 1.82) is 0 Å². The van der Waals surface area contributed by atoms with Crippen LogP contribution in [0.4, 0.5) is 5.69 Å². The van der Waals surface area contributed by atoms with Gasteiger partial charge in [-0.2, -0.15) is 0 Å². The second-order valence-electron chi connectivity index (χ2n) is 5.89. The molecule has 0 aliphatic carbocycles. The van der Waals surface area contributed by atoms with E-state index in [-0.39, 0.29) is 11.1 Å². The molecule has 6 heteroatoms. The number of methoxy groups -OCH3 is 1. The van der Waals surface area contributed by atoms with Crippen molar-refractivity contribution in [2.24, 2.45) is 0 Å². The molecule has 3 aromatic rings. The van der Waals surface area contributed by atoms with Crippen LogP contribution in [0, 0.1) is 0 Å². The summed E-state index contributed by atoms with van der Waals surface area (Å²) >= 11 is 1.59. The van der Waals surface area contributed by atoms with Crippen LogP contribution in [0.5, 0.6) is 5.75 Å². The van der Waals surface area contributed by atoms with Crippen molar-refractivity contribution in [1.82, 2.24) is 4.57 Å². The molecule has 0 unspecified atom stereocenters. The molecule has 1 N–H and O–H groups in total. The molecular weight excluding hydrogens is 360 g/mol. The number of benzene rings is 2. The van der Waals surface area contributed by atoms with E-state index >= 15 is 0 Å². The van der Waals surface area contributed by atoms with Gasteiger partial charge in [-0.1, -0.05) is 18.2 Å². The number of aromatic nitrogens is 1. The lowest BCUT2D eigenvalue weighted by Crippen LogP contribution is -2.29. The molecule has 0 radical (unpaired) electrons. The van der Waals surface area contributed by atoms with Gasteiger partial charge in [0.05, 0.1) is 13.7 Å². The fraction of sp³-hybridized carbons (Fsp3) is 0.143. The Morgan fingerprint density at radius 2 is 1.93 bits per heavy atom. The molecule has 0 aliphatic heterocycles. The summed E-state index contributed by atoms with van der Waals surface area (Å²) < 4.78 is 6.73. The highest BCUT2D eigenvalue weighted by Crippen LogP contribution is 2.19. The van der Waals surface area contributed by atoms with Crippen LogP contribution in [0.1, 0.15) is 15.9 Å². The molecule has 0 atom stereocenters. The smallest absolute Gasteiger partial charge is 0.263 e. The van der Waals surface area contributed by atoms with Crippen molar-refractivity contribution < 1.29 is 9.53 Å². The van der Waals surface area contributed by atoms with E-state index in [1.54, 1.807) is 37.2 Å². The van der Waals surface area contributed by atoms with Crippen molar-refractivity contribution in [3.63, 3.8) is 0 Å². The average Bonchev–Trinajstić information content (AvgIpc) is 2.69. The number of rotatable bonds is 6. The number of hydrogen-bond donors (Lipinski definition) is 1. The van der Waals surface area contributed by atoms with Crippen LogP contribution in [0.2, 0.25) is 0 Å². The van der Waals surface area contributed by atoms with E-state index in [9.17, 15) is 9.59 Å². The third-order valence-corrected chi connectivity index (χ3v) is 4.80. The molecule has 1 heterocycles. The Morgan fingerprint density at radius 3 is 2.70 bits per heavy atom. The zero-order chi connectivity index (χ0) is 19.2. The molecule has 1 aromatic heterocycles. The predicted molar refractivity (Wildman–Crippen MR) is 109 cm³/mol. The summed E-state index contributed by atoms with van der Waals surface area (Å²) in [5, 5.41) is 2.80. The normalized spacial score (nSPS) is 10.4. The number of ether oxygens (including phenoxy) is 1. The summed E-state index contributed by atoms with van der Waals surface area (Å²) in [4.78, 5) is 26.4. The number of nitrogens with zero attached hydrogens (tertiary/aromatic N) is 1. The third kappa shape index (κ3) is 4.60. The SMILES string of the molecule is COc1cccc(Cn2cccc(C(=O)Nc3cccc(SC)c3)c2=O)c1. The van der Waals surface area contributed by atoms with Gasteiger partial charge in [0.2, 0.25) is 0 Å². The van der Waals surface area contributed by atoms with E-state index in [0.717, 1.165) is 16.2 Å². The second kappa shape index (κ2) is 8.60. The molecule has 2 aromatic carbocycles. The Balaban J connectivity index is 1.83. The molecule has 0 saturated carbocycles. The quantitative estimate of drug-likeness (QED) is 0.660. The molecule has 3 rings (SSSR count). The second-order valence-corrected chi connectivity index (χ2v) is 6.77. The van der Waals surface area contributed by atoms with Gasteiger partial charge in [-0.3, -0.25) is 9.59 Å². The average molecular weight is 380 g/mol. The molecule has 0 fully saturated rings. The predicted octanol–water partition coefficient (Wildman–Crippen LogP) is 3.88. The minimum atomic E-state index is -0.418. The van der Waals surface area contributed by atoms with Gasteiger partial charge in [-0.05, 0) is 54.3 Å². The maximum Gasteiger partial charge on any atom is 0.263 e. The van der Waals surface area contributed by atoms with Crippen molar-refractivity contribution in [3.05, 3.63) is 88.3 Å². The Kier molecular flexibility index (Phi) is 5.98. The van der Waals surface area contributed by atoms with Crippen LogP contribution in [0.25, 0.3) is 0 Å². The summed E-state index contributed by atoms with van der Waals surface area (Å²) in [5.74, 6) is 0.307. The summed E-state index contributed by atoms with van der Waals surface area (Å²) in [7, 11) is 1.60. The van der Waals surface area contributed by atoms with Crippen LogP contribution in [0.15, 0.2) is 76.6 Å². The molecule has 0 saturated heterocycles. The van der Waals surface area contributed by atoms with Gasteiger partial charge < -0.3 is 14.6 Å². The van der Waals surface area contributed by atoms with Gasteiger partial charge in [-0.25, -0.2) is 0 Å². The number of pyridine rings is 1. The van der Waals surface area contributed by atoms with Crippen molar-refractivity contribution in [3.8, 4) is 5.75 Å². The van der Waals surface area contributed by atoms with Crippen molar-refractivity contribution in [2.75, 3.05) is 18.7 Å². The lowest BCUT2D eigenvalue weighted by atomic mass is 10.2. The number of carbonyl (C=O) groups excluding carboxylic acids is 1. The lowest BCUT2D eigenvalue weighted by molar-refractivity contribution is 0.102. The number of nitrogens with one attached hydrogen (secondary N) is 1. The molecule has 0 aliphatic rings. The largest absolute Gasteiger partial charge is 0.497 e. The van der Waals surface area contributed by atoms with E-state index in [1.807, 2.05) is 48.7 Å². The van der Waals surface area contributed by atoms with E-state index in [2.05, 4.69) is 5.32 Å². The minimum Gasteiger partial charge on any atom is -0.497 e. The van der Waals surface area contributed by atoms with E-state index < -0.39 is 5.91 Å². The molecule has 138 valence electrons. The van der Waals surface area contributed by atoms with Crippen LogP contribution < -0.4 is 15.6 Å². The molecular formula is C21H20N2O3S. The Labute approximate surface area is 162 Å². The topological polar surface area (TPSA) is 60.3 Å². The highest BCUT2D eigenvalue weighted by atomic mass is 32.2. The molecule has 0 bridgehead atoms. The van der Waals surface area contributed by atoms with Crippen molar-refractivity contribution in [2.45, 2.75) is 11.4 Å². The van der Waals surface area contributed by atoms with E-state index in [0.29, 0.717) is 12.2 Å². The highest BCUT2D eigenvalue weighted by molar-refractivity contribution is 7.98. The zero-order valence-electron chi connectivity index (χ0n) is 15.1. The number of anilines is 1. The number of carbonyl (C=O) groups is 1. The first-order valence-corrected chi connectivity index (χ1v) is 9.61. The molecule has 0 spiro atoms. The maximum absolute atomic E-state index is 12.7. The zero-order valence-corrected chi connectivity index (χ0v) is 16.0. The summed E-state index contributed by atoms with van der Waals surface area (Å²) in [6, 6.07) is 18.2. The first-order chi connectivity index (χ1) is 13.1. The van der Waals surface area contributed by atoms with Crippen molar-refractivity contribution >= 4 is 23.4 Å². The van der Waals surface area contributed by atoms with Gasteiger partial charge in [-0.15, -0.1) is 11.8 Å². The van der Waals surface area contributed by atoms with E-state index in [1.165, 1.54) is 10.6 Å². The van der Waals surface area contributed by atoms with Gasteiger partial charge in [0, 0.05) is 16.8 Å². The van der Waals surface area contributed by atoms with Crippen LogP contribution in [-0.4, -0.2) is 23.8 Å². The maximum atomic E-state index is 12.7. The third-order valence-electron chi connectivity index (χ3n) is 4.08. The summed E-state index contributed by atoms with van der Waals surface area (Å²) in [6.45, 7) is 0.360. The Hall–Kier alpha value is -2.99. The van der Waals surface area contributed by atoms with Gasteiger partial charge in [0.15, 0.2) is 0 Å². The fourth-order valence-electron chi connectivity index (χ4n) is 2.70. The first kappa shape index (κ1) is 18.8. The first-order valence-electron chi connectivity index (χ1n) is 8.38. The van der Waals surface area contributed by atoms with Gasteiger partial charge >= 0.3 is 0 Å². The summed E-state index contributed by atoms with van der Waals surface area (Å²) in [6.07, 6.45) is 3.64. The number of thioether (sulfide) groups is 1. The Morgan fingerprint density at radius 1 is 1.11 bits per heavy atom. The van der Waals surface area contributed by atoms with Gasteiger partial charge in [0.1, 0.15) is 11.3 Å². The minimum absolute atomic E-state index is 0.106. The molecule has 5 nitrogen and oxygen atoms in total. The summed E-state index contributed by atoms with van der Waals surface area (Å²) in [5.41, 5.74) is 1.35. The van der Waals surface area contributed by atoms with E-state index in [4.69, 9.17) is 4.74 Å². The van der Waals surface area contributed by atoms with Crippen LogP contribution in [0.3, 0.4) is 0 Å². The van der Waals surface area contributed by atoms with Gasteiger partial charge in [0.25, 0.3) is 11.5 Å². The highest BCUT2D eigenvalue weighted by Gasteiger charge is 2.13.